The second kappa shape index (κ2) is 16.2. The third-order valence-electron chi connectivity index (χ3n) is 8.32. The Labute approximate surface area is 282 Å². The Morgan fingerprint density at radius 2 is 1.69 bits per heavy atom. The molecule has 4 rings (SSSR count). The van der Waals surface area contributed by atoms with Gasteiger partial charge < -0.3 is 19.5 Å². The molecular formula is C34H44FN3O8S2. The van der Waals surface area contributed by atoms with Crippen LogP contribution in [0.1, 0.15) is 50.4 Å². The number of carbonyl (C=O) groups excluding carboxylic acids is 1. The largest absolute Gasteiger partial charge is 0.490 e. The molecule has 0 aliphatic carbocycles. The molecule has 0 aromatic heterocycles. The van der Waals surface area contributed by atoms with Gasteiger partial charge in [-0.25, -0.2) is 21.2 Å². The second-order valence-corrected chi connectivity index (χ2v) is 15.9. The van der Waals surface area contributed by atoms with E-state index in [-0.39, 0.29) is 58.5 Å². The van der Waals surface area contributed by atoms with Gasteiger partial charge in [0.05, 0.1) is 40.2 Å². The van der Waals surface area contributed by atoms with Crippen LogP contribution in [0.25, 0.3) is 0 Å². The first-order valence-electron chi connectivity index (χ1n) is 15.9. The summed E-state index contributed by atoms with van der Waals surface area (Å²) in [4.78, 5) is 15.8. The lowest BCUT2D eigenvalue weighted by Gasteiger charge is -2.35. The maximum Gasteiger partial charge on any atom is 0.261 e. The lowest BCUT2D eigenvalue weighted by Crippen LogP contribution is -2.48. The molecule has 0 radical (unpaired) electrons. The van der Waals surface area contributed by atoms with Crippen LogP contribution in [0.2, 0.25) is 0 Å². The van der Waals surface area contributed by atoms with Crippen LogP contribution in [0.15, 0.2) is 82.6 Å². The van der Waals surface area contributed by atoms with Crippen LogP contribution in [0.5, 0.6) is 5.75 Å². The van der Waals surface area contributed by atoms with E-state index in [1.807, 2.05) is 13.8 Å². The smallest absolute Gasteiger partial charge is 0.261 e. The van der Waals surface area contributed by atoms with Crippen molar-refractivity contribution in [2.45, 2.75) is 68.1 Å². The van der Waals surface area contributed by atoms with E-state index in [4.69, 9.17) is 9.47 Å². The van der Waals surface area contributed by atoms with Crippen molar-refractivity contribution in [1.29, 1.82) is 0 Å². The maximum atomic E-state index is 14.3. The standard InChI is InChI=1S/C34H44FN3O8S2/c1-24-21-38(25(2)23-39)34(40)31-20-28(36-47(41,42)29-16-13-27(35)14-17-29)15-18-32(31)46-26(3)10-8-9-19-45-33(24)22-37(4)48(43,44)30-11-6-5-7-12-30/h5-7,11-18,20,24-26,33,36,39H,8-10,19,21-23H2,1-4H3/t24-,25-,26-,33+/m0/s1. The van der Waals surface area contributed by atoms with Crippen LogP contribution >= 0.6 is 0 Å². The van der Waals surface area contributed by atoms with Crippen LogP contribution in [0.4, 0.5) is 10.1 Å². The number of sulfonamides is 2. The van der Waals surface area contributed by atoms with E-state index in [1.54, 1.807) is 25.1 Å². The zero-order valence-corrected chi connectivity index (χ0v) is 29.2. The van der Waals surface area contributed by atoms with Gasteiger partial charge in [-0.2, -0.15) is 4.31 Å². The quantitative estimate of drug-likeness (QED) is 0.325. The summed E-state index contributed by atoms with van der Waals surface area (Å²) in [6.45, 7) is 5.53. The predicted octanol–water partition coefficient (Wildman–Crippen LogP) is 4.74. The van der Waals surface area contributed by atoms with E-state index in [2.05, 4.69) is 4.72 Å². The van der Waals surface area contributed by atoms with E-state index in [0.717, 1.165) is 30.7 Å². The summed E-state index contributed by atoms with van der Waals surface area (Å²) in [5, 5.41) is 10.2. The molecule has 0 saturated heterocycles. The summed E-state index contributed by atoms with van der Waals surface area (Å²) in [6, 6.07) is 16.2. The number of hydrogen-bond donors (Lipinski definition) is 2. The highest BCUT2D eigenvalue weighted by molar-refractivity contribution is 7.92. The van der Waals surface area contributed by atoms with E-state index in [9.17, 15) is 31.1 Å². The molecule has 3 aromatic rings. The highest BCUT2D eigenvalue weighted by Gasteiger charge is 2.32. The molecule has 48 heavy (non-hydrogen) atoms. The third-order valence-corrected chi connectivity index (χ3v) is 11.6. The summed E-state index contributed by atoms with van der Waals surface area (Å²) in [5.41, 5.74) is 0.161. The van der Waals surface area contributed by atoms with Crippen molar-refractivity contribution in [2.24, 2.45) is 5.92 Å². The van der Waals surface area contributed by atoms with Gasteiger partial charge >= 0.3 is 0 Å². The summed E-state index contributed by atoms with van der Waals surface area (Å²) < 4.78 is 82.5. The Morgan fingerprint density at radius 1 is 1.00 bits per heavy atom. The number of aliphatic hydroxyl groups is 1. The first kappa shape index (κ1) is 37.3. The van der Waals surface area contributed by atoms with Gasteiger partial charge in [0.1, 0.15) is 11.6 Å². The number of ether oxygens (including phenoxy) is 2. The molecule has 1 aliphatic heterocycles. The third kappa shape index (κ3) is 9.32. The van der Waals surface area contributed by atoms with Gasteiger partial charge in [-0.3, -0.25) is 9.52 Å². The molecule has 0 spiro atoms. The first-order valence-corrected chi connectivity index (χ1v) is 18.8. The summed E-state index contributed by atoms with van der Waals surface area (Å²) in [6.07, 6.45) is 1.17. The van der Waals surface area contributed by atoms with E-state index < -0.39 is 43.9 Å². The van der Waals surface area contributed by atoms with Crippen molar-refractivity contribution in [1.82, 2.24) is 9.21 Å². The van der Waals surface area contributed by atoms with Crippen molar-refractivity contribution in [3.63, 3.8) is 0 Å². The number of likely N-dealkylation sites (N-methyl/N-ethyl adjacent to an activating group) is 1. The van der Waals surface area contributed by atoms with Gasteiger partial charge in [0.15, 0.2) is 0 Å². The van der Waals surface area contributed by atoms with Gasteiger partial charge in [-0.05, 0) is 87.7 Å². The monoisotopic (exact) mass is 705 g/mol. The van der Waals surface area contributed by atoms with E-state index in [0.29, 0.717) is 19.4 Å². The number of anilines is 1. The lowest BCUT2D eigenvalue weighted by atomic mass is 10.0. The van der Waals surface area contributed by atoms with E-state index >= 15 is 0 Å². The first-order chi connectivity index (χ1) is 22.7. The molecule has 0 bridgehead atoms. The molecule has 4 atom stereocenters. The topological polar surface area (TPSA) is 143 Å². The number of amides is 1. The van der Waals surface area contributed by atoms with Gasteiger partial charge in [-0.15, -0.1) is 0 Å². The molecule has 0 saturated carbocycles. The van der Waals surface area contributed by atoms with Crippen LogP contribution in [-0.2, 0) is 24.8 Å². The normalized spacial score (nSPS) is 20.8. The summed E-state index contributed by atoms with van der Waals surface area (Å²) in [7, 11) is -6.44. The Bertz CT molecular complexity index is 1740. The number of halogens is 1. The molecule has 1 heterocycles. The molecule has 0 unspecified atom stereocenters. The molecule has 11 nitrogen and oxygen atoms in total. The van der Waals surface area contributed by atoms with Crippen molar-refractivity contribution >= 4 is 31.6 Å². The average Bonchev–Trinajstić information content (AvgIpc) is 3.06. The molecule has 1 amide bonds. The fraction of sp³-hybridized carbons (Fsp3) is 0.441. The van der Waals surface area contributed by atoms with E-state index in [1.165, 1.54) is 46.6 Å². The summed E-state index contributed by atoms with van der Waals surface area (Å²) >= 11 is 0. The minimum Gasteiger partial charge on any atom is -0.490 e. The number of hydrogen-bond acceptors (Lipinski definition) is 8. The molecule has 262 valence electrons. The second-order valence-electron chi connectivity index (χ2n) is 12.2. The van der Waals surface area contributed by atoms with Crippen molar-refractivity contribution in [3.05, 3.63) is 84.2 Å². The highest BCUT2D eigenvalue weighted by atomic mass is 32.2. The predicted molar refractivity (Wildman–Crippen MR) is 180 cm³/mol. The highest BCUT2D eigenvalue weighted by Crippen LogP contribution is 2.30. The molecule has 3 aromatic carbocycles. The van der Waals surface area contributed by atoms with Crippen LogP contribution in [-0.4, -0.2) is 88.7 Å². The Kier molecular flexibility index (Phi) is 12.6. The fourth-order valence-electron chi connectivity index (χ4n) is 5.40. The number of aliphatic hydroxyl groups excluding tert-OH is 1. The number of carbonyl (C=O) groups is 1. The molecule has 0 fully saturated rings. The Morgan fingerprint density at radius 3 is 2.35 bits per heavy atom. The minimum atomic E-state index is -4.12. The average molecular weight is 706 g/mol. The number of rotatable bonds is 9. The zero-order valence-electron chi connectivity index (χ0n) is 27.6. The van der Waals surface area contributed by atoms with Crippen LogP contribution < -0.4 is 9.46 Å². The van der Waals surface area contributed by atoms with Crippen molar-refractivity contribution in [3.8, 4) is 5.75 Å². The van der Waals surface area contributed by atoms with Crippen molar-refractivity contribution < 1.29 is 40.6 Å². The van der Waals surface area contributed by atoms with Gasteiger partial charge in [0.2, 0.25) is 10.0 Å². The van der Waals surface area contributed by atoms with Gasteiger partial charge in [0, 0.05) is 38.3 Å². The number of fused-ring (bicyclic) bond motifs is 1. The Hall–Kier alpha value is -3.56. The number of nitrogens with zero attached hydrogens (tertiary/aromatic N) is 2. The minimum absolute atomic E-state index is 0.0271. The number of nitrogens with one attached hydrogen (secondary N) is 1. The van der Waals surface area contributed by atoms with Crippen LogP contribution in [0, 0.1) is 11.7 Å². The summed E-state index contributed by atoms with van der Waals surface area (Å²) in [5.74, 6) is -1.24. The maximum absolute atomic E-state index is 14.3. The fourth-order valence-corrected chi connectivity index (χ4v) is 7.65. The van der Waals surface area contributed by atoms with Gasteiger partial charge in [0.25, 0.3) is 15.9 Å². The molecule has 2 N–H and O–H groups in total. The van der Waals surface area contributed by atoms with Crippen LogP contribution in [0.3, 0.4) is 0 Å². The molecule has 1 aliphatic rings. The molecule has 14 heteroatoms. The zero-order chi connectivity index (χ0) is 35.1. The van der Waals surface area contributed by atoms with Crippen molar-refractivity contribution in [2.75, 3.05) is 38.1 Å². The lowest BCUT2D eigenvalue weighted by molar-refractivity contribution is -0.00833. The van der Waals surface area contributed by atoms with Gasteiger partial charge in [-0.1, -0.05) is 25.1 Å². The number of benzene rings is 3. The Balaban J connectivity index is 1.68. The SMILES string of the molecule is C[C@H]1CCCCO[C@H](CN(C)S(=O)(=O)c2ccccc2)[C@@H](C)CN([C@@H](C)CO)C(=O)c2cc(NS(=O)(=O)c3ccc(F)cc3)ccc2O1. The molecular weight excluding hydrogens is 662 g/mol.